The number of aromatic nitrogens is 2. The number of nitrogens with zero attached hydrogens (tertiary/aromatic N) is 2. The number of hydrogen-bond donors (Lipinski definition) is 0. The Bertz CT molecular complexity index is 1300. The van der Waals surface area contributed by atoms with E-state index in [9.17, 15) is 9.18 Å². The topological polar surface area (TPSA) is 44.1 Å². The molecule has 0 bridgehead atoms. The molecule has 144 valence electrons. The lowest BCUT2D eigenvalue weighted by atomic mass is 10.2. The molecule has 0 aliphatic rings. The fourth-order valence-corrected chi connectivity index (χ4v) is 3.34. The highest BCUT2D eigenvalue weighted by molar-refractivity contribution is 6.32. The number of methoxy groups -OCH3 is 1. The summed E-state index contributed by atoms with van der Waals surface area (Å²) >= 11 is 6.27. The van der Waals surface area contributed by atoms with Gasteiger partial charge in [0.1, 0.15) is 17.4 Å². The van der Waals surface area contributed by atoms with Crippen molar-refractivity contribution >= 4 is 34.7 Å². The van der Waals surface area contributed by atoms with Crippen molar-refractivity contribution in [3.05, 3.63) is 99.3 Å². The Balaban J connectivity index is 1.94. The predicted molar refractivity (Wildman–Crippen MR) is 114 cm³/mol. The van der Waals surface area contributed by atoms with Crippen LogP contribution in [0.4, 0.5) is 4.39 Å². The molecule has 0 fully saturated rings. The monoisotopic (exact) mass is 406 g/mol. The van der Waals surface area contributed by atoms with Crippen LogP contribution in [-0.4, -0.2) is 16.7 Å². The summed E-state index contributed by atoms with van der Waals surface area (Å²) in [5.41, 5.74) is 1.56. The summed E-state index contributed by atoms with van der Waals surface area (Å²) in [5.74, 6) is 0.575. The molecule has 4 nitrogen and oxygen atoms in total. The van der Waals surface area contributed by atoms with E-state index in [2.05, 4.69) is 4.98 Å². The molecule has 0 spiro atoms. The highest BCUT2D eigenvalue weighted by atomic mass is 35.5. The van der Waals surface area contributed by atoms with Crippen LogP contribution < -0.4 is 10.3 Å². The van der Waals surface area contributed by atoms with Crippen molar-refractivity contribution in [2.24, 2.45) is 0 Å². The van der Waals surface area contributed by atoms with E-state index in [0.29, 0.717) is 38.8 Å². The van der Waals surface area contributed by atoms with Gasteiger partial charge in [0.15, 0.2) is 0 Å². The smallest absolute Gasteiger partial charge is 0.266 e. The Labute approximate surface area is 171 Å². The Hall–Kier alpha value is -3.44. The van der Waals surface area contributed by atoms with Crippen molar-refractivity contribution < 1.29 is 9.13 Å². The van der Waals surface area contributed by atoms with E-state index in [1.54, 1.807) is 60.7 Å². The molecule has 4 aromatic rings. The molecule has 1 heterocycles. The molecule has 3 aromatic carbocycles. The second-order valence-electron chi connectivity index (χ2n) is 6.33. The standard InChI is InChI=1S/C23H16ClFN2O2/c1-29-21-11-10-17(14-19(21)24)27-22(12-9-15-5-4-6-16(25)13-15)26-20-8-3-2-7-18(20)23(27)28/h2-14H,1H3/b12-9+. The molecule has 0 saturated heterocycles. The van der Waals surface area contributed by atoms with Gasteiger partial charge in [-0.2, -0.15) is 0 Å². The van der Waals surface area contributed by atoms with Crippen LogP contribution in [0.2, 0.25) is 5.02 Å². The molecule has 0 unspecified atom stereocenters. The van der Waals surface area contributed by atoms with E-state index in [0.717, 1.165) is 0 Å². The van der Waals surface area contributed by atoms with E-state index in [1.807, 2.05) is 6.07 Å². The highest BCUT2D eigenvalue weighted by Gasteiger charge is 2.12. The maximum Gasteiger partial charge on any atom is 0.266 e. The van der Waals surface area contributed by atoms with Crippen molar-refractivity contribution in [2.75, 3.05) is 7.11 Å². The second kappa shape index (κ2) is 7.89. The van der Waals surface area contributed by atoms with Crippen molar-refractivity contribution in [3.8, 4) is 11.4 Å². The number of para-hydroxylation sites is 1. The number of halogens is 2. The number of rotatable bonds is 4. The van der Waals surface area contributed by atoms with Crippen molar-refractivity contribution in [2.45, 2.75) is 0 Å². The van der Waals surface area contributed by atoms with E-state index < -0.39 is 0 Å². The van der Waals surface area contributed by atoms with Crippen LogP contribution >= 0.6 is 11.6 Å². The average Bonchev–Trinajstić information content (AvgIpc) is 2.72. The molecule has 4 rings (SSSR count). The molecule has 0 N–H and O–H groups in total. The quantitative estimate of drug-likeness (QED) is 0.458. The number of hydrogen-bond acceptors (Lipinski definition) is 3. The Kier molecular flexibility index (Phi) is 5.14. The SMILES string of the molecule is COc1ccc(-n2c(/C=C/c3cccc(F)c3)nc3ccccc3c2=O)cc1Cl. The second-order valence-corrected chi connectivity index (χ2v) is 6.74. The Morgan fingerprint density at radius 2 is 1.86 bits per heavy atom. The van der Waals surface area contributed by atoms with Crippen LogP contribution in [0, 0.1) is 5.82 Å². The summed E-state index contributed by atoms with van der Waals surface area (Å²) in [4.78, 5) is 17.9. The van der Waals surface area contributed by atoms with Gasteiger partial charge in [-0.3, -0.25) is 9.36 Å². The van der Waals surface area contributed by atoms with Crippen molar-refractivity contribution in [1.82, 2.24) is 9.55 Å². The molecule has 0 radical (unpaired) electrons. The van der Waals surface area contributed by atoms with E-state index in [1.165, 1.54) is 23.8 Å². The number of benzene rings is 3. The van der Waals surface area contributed by atoms with Crippen LogP contribution in [0.15, 0.2) is 71.5 Å². The zero-order valence-electron chi connectivity index (χ0n) is 15.5. The Morgan fingerprint density at radius 3 is 2.62 bits per heavy atom. The Morgan fingerprint density at radius 1 is 1.03 bits per heavy atom. The number of fused-ring (bicyclic) bond motifs is 1. The lowest BCUT2D eigenvalue weighted by molar-refractivity contribution is 0.415. The van der Waals surface area contributed by atoms with Crippen molar-refractivity contribution in [1.29, 1.82) is 0 Å². The summed E-state index contributed by atoms with van der Waals surface area (Å²) in [6.07, 6.45) is 3.39. The molecule has 0 aliphatic heterocycles. The summed E-state index contributed by atoms with van der Waals surface area (Å²) in [6.45, 7) is 0. The lowest BCUT2D eigenvalue weighted by Gasteiger charge is -2.13. The molecule has 1 aromatic heterocycles. The van der Waals surface area contributed by atoms with Gasteiger partial charge in [0, 0.05) is 0 Å². The van der Waals surface area contributed by atoms with Gasteiger partial charge in [-0.25, -0.2) is 9.37 Å². The average molecular weight is 407 g/mol. The molecular formula is C23H16ClFN2O2. The lowest BCUT2D eigenvalue weighted by Crippen LogP contribution is -2.22. The molecule has 0 aliphatic carbocycles. The van der Waals surface area contributed by atoms with E-state index >= 15 is 0 Å². The van der Waals surface area contributed by atoms with Crippen LogP contribution in [0.25, 0.3) is 28.7 Å². The molecule has 29 heavy (non-hydrogen) atoms. The summed E-state index contributed by atoms with van der Waals surface area (Å²) < 4.78 is 20.2. The first kappa shape index (κ1) is 18.9. The van der Waals surface area contributed by atoms with Crippen molar-refractivity contribution in [3.63, 3.8) is 0 Å². The van der Waals surface area contributed by atoms with Crippen LogP contribution in [0.5, 0.6) is 5.75 Å². The summed E-state index contributed by atoms with van der Waals surface area (Å²) in [6, 6.07) is 18.4. The molecule has 0 saturated carbocycles. The van der Waals surface area contributed by atoms with Crippen LogP contribution in [0.1, 0.15) is 11.4 Å². The minimum atomic E-state index is -0.335. The summed E-state index contributed by atoms with van der Waals surface area (Å²) in [5, 5.41) is 0.868. The fraction of sp³-hybridized carbons (Fsp3) is 0.0435. The fourth-order valence-electron chi connectivity index (χ4n) is 3.09. The zero-order valence-corrected chi connectivity index (χ0v) is 16.2. The van der Waals surface area contributed by atoms with Gasteiger partial charge in [-0.15, -0.1) is 0 Å². The largest absolute Gasteiger partial charge is 0.495 e. The van der Waals surface area contributed by atoms with Gasteiger partial charge in [0.25, 0.3) is 5.56 Å². The predicted octanol–water partition coefficient (Wildman–Crippen LogP) is 5.36. The first-order valence-corrected chi connectivity index (χ1v) is 9.24. The first-order chi connectivity index (χ1) is 14.1. The minimum Gasteiger partial charge on any atom is -0.495 e. The van der Waals surface area contributed by atoms with E-state index in [-0.39, 0.29) is 11.4 Å². The van der Waals surface area contributed by atoms with Gasteiger partial charge in [0.2, 0.25) is 0 Å². The van der Waals surface area contributed by atoms with Gasteiger partial charge < -0.3 is 4.74 Å². The normalized spacial score (nSPS) is 11.3. The van der Waals surface area contributed by atoms with E-state index in [4.69, 9.17) is 16.3 Å². The third-order valence-electron chi connectivity index (χ3n) is 4.47. The van der Waals surface area contributed by atoms with Crippen LogP contribution in [0.3, 0.4) is 0 Å². The molecule has 0 atom stereocenters. The van der Waals surface area contributed by atoms with Gasteiger partial charge >= 0.3 is 0 Å². The summed E-state index contributed by atoms with van der Waals surface area (Å²) in [7, 11) is 1.53. The maximum atomic E-state index is 13.5. The van der Waals surface area contributed by atoms with Gasteiger partial charge in [-0.05, 0) is 54.1 Å². The van der Waals surface area contributed by atoms with Gasteiger partial charge in [0.05, 0.1) is 28.7 Å². The molecule has 0 amide bonds. The molecule has 6 heteroatoms. The minimum absolute atomic E-state index is 0.226. The number of ether oxygens (including phenoxy) is 1. The first-order valence-electron chi connectivity index (χ1n) is 8.86. The molecular weight excluding hydrogens is 391 g/mol. The third kappa shape index (κ3) is 3.77. The highest BCUT2D eigenvalue weighted by Crippen LogP contribution is 2.27. The maximum absolute atomic E-state index is 13.5. The van der Waals surface area contributed by atoms with Crippen LogP contribution in [-0.2, 0) is 0 Å². The third-order valence-corrected chi connectivity index (χ3v) is 4.76. The zero-order chi connectivity index (χ0) is 20.4. The van der Waals surface area contributed by atoms with Gasteiger partial charge in [-0.1, -0.05) is 41.9 Å².